The van der Waals surface area contributed by atoms with Crippen LogP contribution < -0.4 is 4.90 Å². The van der Waals surface area contributed by atoms with Gasteiger partial charge in [0.05, 0.1) is 38.1 Å². The number of benzene rings is 2. The molecule has 23 heavy (non-hydrogen) atoms. The van der Waals surface area contributed by atoms with Gasteiger partial charge in [0.1, 0.15) is 0 Å². The van der Waals surface area contributed by atoms with Crippen LogP contribution in [0.1, 0.15) is 31.1 Å². The van der Waals surface area contributed by atoms with Gasteiger partial charge in [-0.15, -0.1) is 0 Å². The van der Waals surface area contributed by atoms with Crippen molar-refractivity contribution in [1.82, 2.24) is 0 Å². The maximum atomic E-state index is 12.5. The van der Waals surface area contributed by atoms with Crippen LogP contribution in [0.2, 0.25) is 5.02 Å². The van der Waals surface area contributed by atoms with Crippen LogP contribution in [0, 0.1) is 3.57 Å². The molecule has 0 atom stereocenters. The fraction of sp³-hybridized carbons (Fsp3) is 0.0625. The molecular formula is C16H9ClINO4. The van der Waals surface area contributed by atoms with Crippen molar-refractivity contribution in [2.24, 2.45) is 0 Å². The summed E-state index contributed by atoms with van der Waals surface area (Å²) in [6, 6.07) is 9.56. The number of rotatable bonds is 2. The van der Waals surface area contributed by atoms with Crippen LogP contribution in [0.15, 0.2) is 36.4 Å². The lowest BCUT2D eigenvalue weighted by Crippen LogP contribution is -2.30. The van der Waals surface area contributed by atoms with Crippen molar-refractivity contribution in [2.45, 2.75) is 0 Å². The van der Waals surface area contributed by atoms with Gasteiger partial charge in [-0.1, -0.05) is 23.7 Å². The van der Waals surface area contributed by atoms with Crippen LogP contribution in [-0.2, 0) is 4.74 Å². The minimum atomic E-state index is -0.582. The molecule has 0 bridgehead atoms. The van der Waals surface area contributed by atoms with Gasteiger partial charge in [-0.3, -0.25) is 9.59 Å². The molecule has 0 fully saturated rings. The molecule has 0 aliphatic carbocycles. The molecule has 2 amide bonds. The largest absolute Gasteiger partial charge is 0.465 e. The van der Waals surface area contributed by atoms with Gasteiger partial charge in [0.15, 0.2) is 0 Å². The average Bonchev–Trinajstić information content (AvgIpc) is 2.81. The van der Waals surface area contributed by atoms with Crippen LogP contribution in [0.4, 0.5) is 5.69 Å². The average molecular weight is 442 g/mol. The van der Waals surface area contributed by atoms with Crippen molar-refractivity contribution in [3.8, 4) is 0 Å². The number of ether oxygens (including phenoxy) is 1. The molecule has 0 unspecified atom stereocenters. The number of esters is 1. The van der Waals surface area contributed by atoms with E-state index in [9.17, 15) is 14.4 Å². The lowest BCUT2D eigenvalue weighted by molar-refractivity contribution is 0.0600. The van der Waals surface area contributed by atoms with Gasteiger partial charge in [0.2, 0.25) is 0 Å². The number of hydrogen-bond donors (Lipinski definition) is 0. The van der Waals surface area contributed by atoms with Gasteiger partial charge in [-0.25, -0.2) is 9.69 Å². The number of nitrogens with zero attached hydrogens (tertiary/aromatic N) is 1. The fourth-order valence-electron chi connectivity index (χ4n) is 2.39. The van der Waals surface area contributed by atoms with Gasteiger partial charge in [0, 0.05) is 0 Å². The highest BCUT2D eigenvalue weighted by atomic mass is 127. The maximum absolute atomic E-state index is 12.5. The minimum absolute atomic E-state index is 0.145. The number of carbonyl (C=O) groups is 3. The van der Waals surface area contributed by atoms with Gasteiger partial charge in [0.25, 0.3) is 11.8 Å². The van der Waals surface area contributed by atoms with Crippen LogP contribution >= 0.6 is 34.2 Å². The number of methoxy groups -OCH3 is 1. The Morgan fingerprint density at radius 1 is 1.09 bits per heavy atom. The Kier molecular flexibility index (Phi) is 4.11. The topological polar surface area (TPSA) is 63.7 Å². The summed E-state index contributed by atoms with van der Waals surface area (Å²) >= 11 is 8.10. The molecule has 0 N–H and O–H groups in total. The number of hydrogen-bond acceptors (Lipinski definition) is 4. The molecule has 1 heterocycles. The molecular weight excluding hydrogens is 433 g/mol. The first-order chi connectivity index (χ1) is 11.0. The molecule has 2 aromatic rings. The highest BCUT2D eigenvalue weighted by molar-refractivity contribution is 14.1. The molecule has 0 saturated heterocycles. The zero-order valence-corrected chi connectivity index (χ0v) is 14.7. The normalized spacial score (nSPS) is 13.3. The number of imide groups is 1. The summed E-state index contributed by atoms with van der Waals surface area (Å²) in [6.45, 7) is 0. The van der Waals surface area contributed by atoms with E-state index in [0.29, 0.717) is 20.4 Å². The maximum Gasteiger partial charge on any atom is 0.339 e. The highest BCUT2D eigenvalue weighted by Gasteiger charge is 2.37. The first-order valence-corrected chi connectivity index (χ1v) is 7.97. The monoisotopic (exact) mass is 441 g/mol. The van der Waals surface area contributed by atoms with Gasteiger partial charge >= 0.3 is 5.97 Å². The van der Waals surface area contributed by atoms with Gasteiger partial charge in [-0.2, -0.15) is 0 Å². The molecule has 116 valence electrons. The molecule has 1 aliphatic rings. The third-order valence-electron chi connectivity index (χ3n) is 3.50. The fourth-order valence-corrected chi connectivity index (χ4v) is 3.34. The van der Waals surface area contributed by atoms with E-state index in [0.717, 1.165) is 4.90 Å². The lowest BCUT2D eigenvalue weighted by atomic mass is 10.1. The van der Waals surface area contributed by atoms with E-state index in [1.165, 1.54) is 19.2 Å². The molecule has 0 saturated carbocycles. The van der Waals surface area contributed by atoms with E-state index < -0.39 is 17.8 Å². The molecule has 7 heteroatoms. The summed E-state index contributed by atoms with van der Waals surface area (Å²) in [5.74, 6) is -1.40. The molecule has 0 radical (unpaired) electrons. The van der Waals surface area contributed by atoms with E-state index in [-0.39, 0.29) is 10.6 Å². The third kappa shape index (κ3) is 2.42. The van der Waals surface area contributed by atoms with Crippen molar-refractivity contribution < 1.29 is 19.1 Å². The molecule has 0 spiro atoms. The Balaban J connectivity index is 2.11. The first kappa shape index (κ1) is 15.9. The zero-order valence-electron chi connectivity index (χ0n) is 11.8. The lowest BCUT2D eigenvalue weighted by Gasteiger charge is -2.17. The summed E-state index contributed by atoms with van der Waals surface area (Å²) in [4.78, 5) is 37.8. The van der Waals surface area contributed by atoms with Crippen LogP contribution in [0.25, 0.3) is 0 Å². The quantitative estimate of drug-likeness (QED) is 0.406. The Morgan fingerprint density at radius 2 is 1.65 bits per heavy atom. The Labute approximate surface area is 150 Å². The van der Waals surface area contributed by atoms with Crippen molar-refractivity contribution in [3.05, 3.63) is 61.7 Å². The SMILES string of the molecule is COC(=O)c1ccc(N2C(=O)c3ccccc3C2=O)c(I)c1Cl. The zero-order chi connectivity index (χ0) is 16.7. The number of halogens is 2. The molecule has 1 aliphatic heterocycles. The van der Waals surface area contributed by atoms with Gasteiger partial charge < -0.3 is 4.74 Å². The number of anilines is 1. The van der Waals surface area contributed by atoms with E-state index >= 15 is 0 Å². The first-order valence-electron chi connectivity index (χ1n) is 6.51. The van der Waals surface area contributed by atoms with Crippen LogP contribution in [-0.4, -0.2) is 24.9 Å². The van der Waals surface area contributed by atoms with Gasteiger partial charge in [-0.05, 0) is 46.9 Å². The van der Waals surface area contributed by atoms with Crippen molar-refractivity contribution >= 4 is 57.7 Å². The summed E-state index contributed by atoms with van der Waals surface area (Å²) in [6.07, 6.45) is 0. The van der Waals surface area contributed by atoms with Crippen LogP contribution in [0.5, 0.6) is 0 Å². The number of fused-ring (bicyclic) bond motifs is 1. The minimum Gasteiger partial charge on any atom is -0.465 e. The smallest absolute Gasteiger partial charge is 0.339 e. The highest BCUT2D eigenvalue weighted by Crippen LogP contribution is 2.36. The van der Waals surface area contributed by atoms with Crippen molar-refractivity contribution in [2.75, 3.05) is 12.0 Å². The Hall–Kier alpha value is -1.93. The van der Waals surface area contributed by atoms with E-state index in [1.54, 1.807) is 24.3 Å². The molecule has 5 nitrogen and oxygen atoms in total. The summed E-state index contributed by atoms with van der Waals surface area (Å²) < 4.78 is 5.09. The Bertz CT molecular complexity index is 830. The predicted octanol–water partition coefficient (Wildman–Crippen LogP) is 3.53. The van der Waals surface area contributed by atoms with Crippen molar-refractivity contribution in [3.63, 3.8) is 0 Å². The van der Waals surface area contributed by atoms with E-state index in [2.05, 4.69) is 4.74 Å². The standard InChI is InChI=1S/C16H9ClINO4/c1-23-16(22)10-6-7-11(13(18)12(10)17)19-14(20)8-4-2-3-5-9(8)15(19)21/h2-7H,1H3. The second-order valence-electron chi connectivity index (χ2n) is 4.74. The second-order valence-corrected chi connectivity index (χ2v) is 6.20. The second kappa shape index (κ2) is 5.93. The Morgan fingerprint density at radius 3 is 2.17 bits per heavy atom. The summed E-state index contributed by atoms with van der Waals surface area (Å²) in [7, 11) is 1.25. The third-order valence-corrected chi connectivity index (χ3v) is 5.31. The van der Waals surface area contributed by atoms with Crippen molar-refractivity contribution in [1.29, 1.82) is 0 Å². The molecule has 0 aromatic heterocycles. The van der Waals surface area contributed by atoms with Crippen LogP contribution in [0.3, 0.4) is 0 Å². The van der Waals surface area contributed by atoms with E-state index in [4.69, 9.17) is 11.6 Å². The predicted molar refractivity (Wildman–Crippen MR) is 93.1 cm³/mol. The summed E-state index contributed by atoms with van der Waals surface area (Å²) in [5, 5.41) is 0.145. The number of amides is 2. The molecule has 3 rings (SSSR count). The van der Waals surface area contributed by atoms with E-state index in [1.807, 2.05) is 22.6 Å². The number of carbonyl (C=O) groups excluding carboxylic acids is 3. The molecule has 2 aromatic carbocycles. The summed E-state index contributed by atoms with van der Waals surface area (Å²) in [5.41, 5.74) is 1.22.